The molecule has 0 bridgehead atoms. The first-order valence-corrected chi connectivity index (χ1v) is 10.0. The molecule has 2 heterocycles. The van der Waals surface area contributed by atoms with Crippen LogP contribution in [0.3, 0.4) is 0 Å². The number of carbonyl (C=O) groups is 2. The summed E-state index contributed by atoms with van der Waals surface area (Å²) in [7, 11) is 1.54. The monoisotopic (exact) mass is 421 g/mol. The molecule has 0 aliphatic carbocycles. The fraction of sp³-hybridized carbons (Fsp3) is 0.250. The van der Waals surface area contributed by atoms with Gasteiger partial charge in [-0.05, 0) is 35.8 Å². The van der Waals surface area contributed by atoms with E-state index in [-0.39, 0.29) is 12.4 Å². The van der Waals surface area contributed by atoms with Crippen LogP contribution in [-0.4, -0.2) is 43.7 Å². The summed E-state index contributed by atoms with van der Waals surface area (Å²) in [6.45, 7) is 2.62. The second-order valence-corrected chi connectivity index (χ2v) is 7.01. The lowest BCUT2D eigenvalue weighted by Gasteiger charge is -2.20. The third-order valence-electron chi connectivity index (χ3n) is 5.09. The number of esters is 1. The van der Waals surface area contributed by atoms with E-state index < -0.39 is 5.97 Å². The number of fused-ring (bicyclic) bond motifs is 2. The highest BCUT2D eigenvalue weighted by atomic mass is 16.6. The minimum atomic E-state index is -0.615. The molecule has 160 valence electrons. The molecule has 1 aromatic heterocycles. The first kappa shape index (κ1) is 20.5. The molecule has 0 saturated carbocycles. The normalized spacial score (nSPS) is 12.8. The number of aryl methyl sites for hydroxylation is 1. The minimum Gasteiger partial charge on any atom is -0.493 e. The minimum absolute atomic E-state index is 0.262. The van der Waals surface area contributed by atoms with Crippen LogP contribution in [0.4, 0.5) is 0 Å². The summed E-state index contributed by atoms with van der Waals surface area (Å²) in [6, 6.07) is 9.31. The van der Waals surface area contributed by atoms with Crippen molar-refractivity contribution in [3.05, 3.63) is 59.3 Å². The van der Waals surface area contributed by atoms with Crippen LogP contribution >= 0.6 is 0 Å². The number of ketones is 1. The first-order valence-electron chi connectivity index (χ1n) is 10.0. The largest absolute Gasteiger partial charge is 0.493 e. The highest BCUT2D eigenvalue weighted by Gasteiger charge is 2.18. The number of rotatable bonds is 7. The standard InChI is InChI=1S/C24H23NO6/c1-3-16-5-4-6-17-18(13-25-23(16)17)19(26)14-31-22(27)8-7-15-11-20(28-2)24-21(12-15)29-9-10-30-24/h4-8,11-13,25H,3,9-10,14H2,1-2H3/b8-7+. The molecule has 0 radical (unpaired) electrons. The molecular weight excluding hydrogens is 398 g/mol. The molecule has 0 amide bonds. The van der Waals surface area contributed by atoms with Gasteiger partial charge in [0.25, 0.3) is 0 Å². The quantitative estimate of drug-likeness (QED) is 0.353. The predicted octanol–water partition coefficient (Wildman–Crippen LogP) is 3.95. The summed E-state index contributed by atoms with van der Waals surface area (Å²) in [4.78, 5) is 27.9. The van der Waals surface area contributed by atoms with Gasteiger partial charge in [0.1, 0.15) is 13.2 Å². The fourth-order valence-electron chi connectivity index (χ4n) is 3.56. The van der Waals surface area contributed by atoms with Gasteiger partial charge >= 0.3 is 5.97 Å². The summed E-state index contributed by atoms with van der Waals surface area (Å²) < 4.78 is 21.6. The lowest BCUT2D eigenvalue weighted by atomic mass is 10.1. The number of methoxy groups -OCH3 is 1. The molecule has 1 aliphatic rings. The number of aromatic amines is 1. The van der Waals surface area contributed by atoms with Crippen LogP contribution in [-0.2, 0) is 16.0 Å². The van der Waals surface area contributed by atoms with Crippen molar-refractivity contribution in [1.82, 2.24) is 4.98 Å². The second-order valence-electron chi connectivity index (χ2n) is 7.01. The number of hydrogen-bond acceptors (Lipinski definition) is 6. The van der Waals surface area contributed by atoms with Crippen molar-refractivity contribution < 1.29 is 28.5 Å². The Bertz CT molecular complexity index is 1140. The summed E-state index contributed by atoms with van der Waals surface area (Å²) in [6.07, 6.45) is 5.36. The lowest BCUT2D eigenvalue weighted by Crippen LogP contribution is -2.16. The summed E-state index contributed by atoms with van der Waals surface area (Å²) in [5.41, 5.74) is 3.27. The van der Waals surface area contributed by atoms with Crippen molar-refractivity contribution in [2.75, 3.05) is 26.9 Å². The van der Waals surface area contributed by atoms with E-state index in [9.17, 15) is 9.59 Å². The van der Waals surface area contributed by atoms with Gasteiger partial charge in [-0.3, -0.25) is 4.79 Å². The van der Waals surface area contributed by atoms with Crippen molar-refractivity contribution in [3.8, 4) is 17.2 Å². The molecule has 0 atom stereocenters. The molecule has 0 spiro atoms. The maximum Gasteiger partial charge on any atom is 0.331 e. The van der Waals surface area contributed by atoms with Crippen molar-refractivity contribution in [2.24, 2.45) is 0 Å². The van der Waals surface area contributed by atoms with E-state index in [0.717, 1.165) is 22.9 Å². The Labute approximate surface area is 179 Å². The highest BCUT2D eigenvalue weighted by Crippen LogP contribution is 2.40. The highest BCUT2D eigenvalue weighted by molar-refractivity contribution is 6.09. The number of Topliss-reactive ketones (excluding diaryl/α,β-unsaturated/α-hetero) is 1. The van der Waals surface area contributed by atoms with Gasteiger partial charge in [-0.25, -0.2) is 4.79 Å². The van der Waals surface area contributed by atoms with E-state index in [1.165, 1.54) is 13.2 Å². The van der Waals surface area contributed by atoms with E-state index in [0.29, 0.717) is 41.6 Å². The molecular formula is C24H23NO6. The predicted molar refractivity (Wildman–Crippen MR) is 116 cm³/mol. The average Bonchev–Trinajstić information content (AvgIpc) is 3.25. The Morgan fingerprint density at radius 3 is 2.84 bits per heavy atom. The number of para-hydroxylation sites is 1. The number of hydrogen-bond donors (Lipinski definition) is 1. The molecule has 3 aromatic rings. The van der Waals surface area contributed by atoms with Crippen LogP contribution in [0.2, 0.25) is 0 Å². The molecule has 7 nitrogen and oxygen atoms in total. The third-order valence-corrected chi connectivity index (χ3v) is 5.09. The Morgan fingerprint density at radius 2 is 2.03 bits per heavy atom. The Morgan fingerprint density at radius 1 is 1.19 bits per heavy atom. The Balaban J connectivity index is 1.42. The van der Waals surface area contributed by atoms with Gasteiger partial charge < -0.3 is 23.9 Å². The van der Waals surface area contributed by atoms with Gasteiger partial charge in [-0.2, -0.15) is 0 Å². The lowest BCUT2D eigenvalue weighted by molar-refractivity contribution is -0.136. The van der Waals surface area contributed by atoms with Crippen LogP contribution in [0.1, 0.15) is 28.4 Å². The SMILES string of the molecule is CCc1cccc2c(C(=O)COC(=O)/C=C/c3cc(OC)c4c(c3)OCCO4)c[nH]c12. The maximum atomic E-state index is 12.6. The third kappa shape index (κ3) is 4.26. The molecule has 1 N–H and O–H groups in total. The molecule has 0 saturated heterocycles. The number of benzene rings is 2. The van der Waals surface area contributed by atoms with E-state index in [1.54, 1.807) is 24.4 Å². The van der Waals surface area contributed by atoms with Gasteiger partial charge in [0.15, 0.2) is 18.1 Å². The number of nitrogens with one attached hydrogen (secondary N) is 1. The summed E-state index contributed by atoms with van der Waals surface area (Å²) >= 11 is 0. The van der Waals surface area contributed by atoms with Crippen LogP contribution in [0.5, 0.6) is 17.2 Å². The van der Waals surface area contributed by atoms with E-state index in [1.807, 2.05) is 18.2 Å². The van der Waals surface area contributed by atoms with Gasteiger partial charge in [0.05, 0.1) is 7.11 Å². The van der Waals surface area contributed by atoms with Crippen LogP contribution < -0.4 is 14.2 Å². The Kier molecular flexibility index (Phi) is 5.93. The van der Waals surface area contributed by atoms with E-state index >= 15 is 0 Å². The molecule has 4 rings (SSSR count). The molecule has 0 fully saturated rings. The van der Waals surface area contributed by atoms with E-state index in [2.05, 4.69) is 11.9 Å². The van der Waals surface area contributed by atoms with Crippen LogP contribution in [0.25, 0.3) is 17.0 Å². The van der Waals surface area contributed by atoms with Crippen molar-refractivity contribution >= 4 is 28.7 Å². The maximum absolute atomic E-state index is 12.6. The molecule has 2 aromatic carbocycles. The van der Waals surface area contributed by atoms with Gasteiger partial charge in [-0.1, -0.05) is 25.1 Å². The molecule has 0 unspecified atom stereocenters. The summed E-state index contributed by atoms with van der Waals surface area (Å²) in [5, 5.41) is 0.833. The van der Waals surface area contributed by atoms with Crippen molar-refractivity contribution in [3.63, 3.8) is 0 Å². The van der Waals surface area contributed by atoms with Gasteiger partial charge in [0, 0.05) is 28.7 Å². The summed E-state index contributed by atoms with van der Waals surface area (Å²) in [5.74, 6) is 0.744. The van der Waals surface area contributed by atoms with Gasteiger partial charge in [-0.15, -0.1) is 0 Å². The second kappa shape index (κ2) is 8.95. The first-order chi connectivity index (χ1) is 15.1. The molecule has 1 aliphatic heterocycles. The number of carbonyl (C=O) groups excluding carboxylic acids is 2. The smallest absolute Gasteiger partial charge is 0.331 e. The molecule has 7 heteroatoms. The van der Waals surface area contributed by atoms with Crippen molar-refractivity contribution in [1.29, 1.82) is 0 Å². The number of ether oxygens (including phenoxy) is 4. The van der Waals surface area contributed by atoms with E-state index in [4.69, 9.17) is 18.9 Å². The van der Waals surface area contributed by atoms with Crippen LogP contribution in [0, 0.1) is 0 Å². The van der Waals surface area contributed by atoms with Gasteiger partial charge in [0.2, 0.25) is 11.5 Å². The van der Waals surface area contributed by atoms with Crippen LogP contribution in [0.15, 0.2) is 42.6 Å². The Hall–Kier alpha value is -3.74. The zero-order chi connectivity index (χ0) is 21.8. The number of aromatic nitrogens is 1. The topological polar surface area (TPSA) is 86.9 Å². The van der Waals surface area contributed by atoms with Crippen molar-refractivity contribution in [2.45, 2.75) is 13.3 Å². The zero-order valence-electron chi connectivity index (χ0n) is 17.4. The molecule has 31 heavy (non-hydrogen) atoms. The average molecular weight is 421 g/mol. The zero-order valence-corrected chi connectivity index (χ0v) is 17.4. The number of H-pyrrole nitrogens is 1. The fourth-order valence-corrected chi connectivity index (χ4v) is 3.56.